The number of piperidine rings is 1. The SMILES string of the molecule is CCCN1CCC(N2CCN(Cc3ccc(OCC)cc3)[C@@H](CCO)C2)CC1. The predicted octanol–water partition coefficient (Wildman–Crippen LogP) is 2.83. The fraction of sp³-hybridized carbons (Fsp3) is 0.739. The average molecular weight is 390 g/mol. The number of hydrogen-bond donors (Lipinski definition) is 1. The van der Waals surface area contributed by atoms with Crippen molar-refractivity contribution in [2.45, 2.75) is 58.2 Å². The van der Waals surface area contributed by atoms with Crippen molar-refractivity contribution in [1.82, 2.24) is 14.7 Å². The van der Waals surface area contributed by atoms with Gasteiger partial charge in [-0.25, -0.2) is 0 Å². The van der Waals surface area contributed by atoms with Crippen molar-refractivity contribution in [2.75, 3.05) is 52.5 Å². The van der Waals surface area contributed by atoms with Crippen molar-refractivity contribution in [3.05, 3.63) is 29.8 Å². The molecule has 1 aromatic carbocycles. The van der Waals surface area contributed by atoms with Crippen molar-refractivity contribution < 1.29 is 9.84 Å². The van der Waals surface area contributed by atoms with Crippen LogP contribution in [0.3, 0.4) is 0 Å². The monoisotopic (exact) mass is 389 g/mol. The van der Waals surface area contributed by atoms with Crippen molar-refractivity contribution in [1.29, 1.82) is 0 Å². The Morgan fingerprint density at radius 3 is 2.43 bits per heavy atom. The Hall–Kier alpha value is -1.14. The summed E-state index contributed by atoms with van der Waals surface area (Å²) in [6, 6.07) is 9.66. The largest absolute Gasteiger partial charge is 0.494 e. The van der Waals surface area contributed by atoms with Gasteiger partial charge in [0.25, 0.3) is 0 Å². The second kappa shape index (κ2) is 11.1. The van der Waals surface area contributed by atoms with Crippen LogP contribution in [0.25, 0.3) is 0 Å². The minimum absolute atomic E-state index is 0.271. The highest BCUT2D eigenvalue weighted by atomic mass is 16.5. The third kappa shape index (κ3) is 5.93. The Kier molecular flexibility index (Phi) is 8.59. The molecule has 2 heterocycles. The number of rotatable bonds is 9. The van der Waals surface area contributed by atoms with E-state index < -0.39 is 0 Å². The topological polar surface area (TPSA) is 39.2 Å². The van der Waals surface area contributed by atoms with Gasteiger partial charge in [0, 0.05) is 44.9 Å². The number of nitrogens with zero attached hydrogens (tertiary/aromatic N) is 3. The van der Waals surface area contributed by atoms with Crippen molar-refractivity contribution in [2.24, 2.45) is 0 Å². The number of likely N-dealkylation sites (tertiary alicyclic amines) is 1. The van der Waals surface area contributed by atoms with E-state index in [1.807, 2.05) is 6.92 Å². The van der Waals surface area contributed by atoms with Crippen molar-refractivity contribution in [3.63, 3.8) is 0 Å². The van der Waals surface area contributed by atoms with Crippen LogP contribution in [0.15, 0.2) is 24.3 Å². The van der Waals surface area contributed by atoms with Crippen LogP contribution >= 0.6 is 0 Å². The maximum absolute atomic E-state index is 9.62. The number of benzene rings is 1. The van der Waals surface area contributed by atoms with Crippen molar-refractivity contribution >= 4 is 0 Å². The highest BCUT2D eigenvalue weighted by molar-refractivity contribution is 5.27. The molecule has 1 atom stereocenters. The molecule has 5 nitrogen and oxygen atoms in total. The van der Waals surface area contributed by atoms with Gasteiger partial charge in [0.2, 0.25) is 0 Å². The Labute approximate surface area is 171 Å². The zero-order chi connectivity index (χ0) is 19.8. The Morgan fingerprint density at radius 2 is 1.79 bits per heavy atom. The molecule has 3 rings (SSSR count). The predicted molar refractivity (Wildman–Crippen MR) is 115 cm³/mol. The molecule has 0 aromatic heterocycles. The summed E-state index contributed by atoms with van der Waals surface area (Å²) in [6.45, 7) is 13.3. The van der Waals surface area contributed by atoms with Crippen LogP contribution in [0.2, 0.25) is 0 Å². The molecule has 2 aliphatic heterocycles. The smallest absolute Gasteiger partial charge is 0.119 e. The van der Waals surface area contributed by atoms with E-state index >= 15 is 0 Å². The quantitative estimate of drug-likeness (QED) is 0.703. The van der Waals surface area contributed by atoms with E-state index in [9.17, 15) is 5.11 Å². The highest BCUT2D eigenvalue weighted by Gasteiger charge is 2.32. The van der Waals surface area contributed by atoms with Crippen LogP contribution in [0.4, 0.5) is 0 Å². The molecule has 0 spiro atoms. The van der Waals surface area contributed by atoms with Crippen LogP contribution in [-0.2, 0) is 6.54 Å². The van der Waals surface area contributed by atoms with Gasteiger partial charge < -0.3 is 14.7 Å². The number of ether oxygens (including phenoxy) is 1. The summed E-state index contributed by atoms with van der Waals surface area (Å²) in [5, 5.41) is 9.62. The summed E-state index contributed by atoms with van der Waals surface area (Å²) in [5.41, 5.74) is 1.33. The molecule has 0 unspecified atom stereocenters. The third-order valence-electron chi connectivity index (χ3n) is 6.33. The first-order chi connectivity index (χ1) is 13.7. The summed E-state index contributed by atoms with van der Waals surface area (Å²) >= 11 is 0. The second-order valence-corrected chi connectivity index (χ2v) is 8.28. The van der Waals surface area contributed by atoms with Gasteiger partial charge in [-0.05, 0) is 69.9 Å². The molecule has 0 saturated carbocycles. The maximum Gasteiger partial charge on any atom is 0.119 e. The van der Waals surface area contributed by atoms with Crippen LogP contribution in [0.1, 0.15) is 45.1 Å². The standard InChI is InChI=1S/C23H39N3O2/c1-3-12-24-13-9-21(10-14-24)26-16-15-25(22(19-26)11-17-27)18-20-5-7-23(8-6-20)28-4-2/h5-8,21-22,27H,3-4,9-19H2,1-2H3/t22-/m0/s1. The summed E-state index contributed by atoms with van der Waals surface area (Å²) in [5.74, 6) is 0.942. The highest BCUT2D eigenvalue weighted by Crippen LogP contribution is 2.23. The van der Waals surface area contributed by atoms with Gasteiger partial charge in [0.15, 0.2) is 0 Å². The van der Waals surface area contributed by atoms with Gasteiger partial charge in [-0.1, -0.05) is 19.1 Å². The van der Waals surface area contributed by atoms with Gasteiger partial charge in [0.1, 0.15) is 5.75 Å². The molecule has 1 N–H and O–H groups in total. The molecule has 5 heteroatoms. The summed E-state index contributed by atoms with van der Waals surface area (Å²) in [4.78, 5) is 7.89. The Morgan fingerprint density at radius 1 is 1.04 bits per heavy atom. The lowest BCUT2D eigenvalue weighted by Crippen LogP contribution is -2.57. The minimum atomic E-state index is 0.271. The van der Waals surface area contributed by atoms with E-state index in [0.29, 0.717) is 12.6 Å². The van der Waals surface area contributed by atoms with Gasteiger partial charge in [-0.3, -0.25) is 9.80 Å². The Bertz CT molecular complexity index is 557. The lowest BCUT2D eigenvalue weighted by Gasteiger charge is -2.46. The minimum Gasteiger partial charge on any atom is -0.494 e. The summed E-state index contributed by atoms with van der Waals surface area (Å²) < 4.78 is 5.56. The van der Waals surface area contributed by atoms with E-state index in [4.69, 9.17) is 4.74 Å². The molecular formula is C23H39N3O2. The molecule has 2 saturated heterocycles. The van der Waals surface area contributed by atoms with E-state index in [1.165, 1.54) is 44.5 Å². The van der Waals surface area contributed by atoms with Gasteiger partial charge in [-0.15, -0.1) is 0 Å². The van der Waals surface area contributed by atoms with Gasteiger partial charge in [0.05, 0.1) is 6.61 Å². The molecule has 1 aromatic rings. The molecule has 0 aliphatic carbocycles. The zero-order valence-electron chi connectivity index (χ0n) is 17.9. The first kappa shape index (κ1) is 21.6. The average Bonchev–Trinajstić information content (AvgIpc) is 2.72. The molecule has 0 bridgehead atoms. The third-order valence-corrected chi connectivity index (χ3v) is 6.33. The van der Waals surface area contributed by atoms with Crippen LogP contribution in [0, 0.1) is 0 Å². The maximum atomic E-state index is 9.62. The van der Waals surface area contributed by atoms with Gasteiger partial charge in [-0.2, -0.15) is 0 Å². The molecule has 2 aliphatic rings. The molecule has 0 radical (unpaired) electrons. The van der Waals surface area contributed by atoms with Crippen LogP contribution in [0.5, 0.6) is 5.75 Å². The van der Waals surface area contributed by atoms with E-state index in [-0.39, 0.29) is 6.61 Å². The second-order valence-electron chi connectivity index (χ2n) is 8.28. The fourth-order valence-electron chi connectivity index (χ4n) is 4.80. The number of aliphatic hydroxyl groups excluding tert-OH is 1. The molecule has 0 amide bonds. The van der Waals surface area contributed by atoms with Crippen molar-refractivity contribution in [3.8, 4) is 5.75 Å². The molecule has 158 valence electrons. The van der Waals surface area contributed by atoms with E-state index in [2.05, 4.69) is 45.9 Å². The fourth-order valence-corrected chi connectivity index (χ4v) is 4.80. The molecular weight excluding hydrogens is 350 g/mol. The number of aliphatic hydroxyl groups is 1. The lowest BCUT2D eigenvalue weighted by atomic mass is 9.99. The first-order valence-electron chi connectivity index (χ1n) is 11.3. The first-order valence-corrected chi connectivity index (χ1v) is 11.3. The lowest BCUT2D eigenvalue weighted by molar-refractivity contribution is 0.0132. The van der Waals surface area contributed by atoms with Gasteiger partial charge >= 0.3 is 0 Å². The Balaban J connectivity index is 1.53. The normalized spacial score (nSPS) is 23.2. The molecule has 2 fully saturated rings. The van der Waals surface area contributed by atoms with Crippen LogP contribution in [-0.4, -0.2) is 84.4 Å². The zero-order valence-corrected chi connectivity index (χ0v) is 17.9. The molecule has 28 heavy (non-hydrogen) atoms. The number of piperazine rings is 1. The van der Waals surface area contributed by atoms with E-state index in [1.54, 1.807) is 0 Å². The van der Waals surface area contributed by atoms with Crippen LogP contribution < -0.4 is 4.74 Å². The van der Waals surface area contributed by atoms with E-state index in [0.717, 1.165) is 44.4 Å². The summed E-state index contributed by atoms with van der Waals surface area (Å²) in [7, 11) is 0. The summed E-state index contributed by atoms with van der Waals surface area (Å²) in [6.07, 6.45) is 4.71. The number of hydrogen-bond acceptors (Lipinski definition) is 5.